The molecule has 3 rings (SSSR count). The topological polar surface area (TPSA) is 21.3 Å². The Morgan fingerprint density at radius 1 is 1.39 bits per heavy atom. The third-order valence-electron chi connectivity index (χ3n) is 3.73. The number of benzene rings is 1. The van der Waals surface area contributed by atoms with E-state index < -0.39 is 0 Å². The van der Waals surface area contributed by atoms with Gasteiger partial charge in [0, 0.05) is 24.8 Å². The van der Waals surface area contributed by atoms with Crippen LogP contribution < -0.4 is 10.1 Å². The van der Waals surface area contributed by atoms with Gasteiger partial charge in [-0.2, -0.15) is 11.8 Å². The maximum Gasteiger partial charge on any atom is 0.123 e. The van der Waals surface area contributed by atoms with Crippen molar-refractivity contribution >= 4 is 11.8 Å². The quantitative estimate of drug-likeness (QED) is 0.902. The van der Waals surface area contributed by atoms with Gasteiger partial charge in [-0.25, -0.2) is 0 Å². The van der Waals surface area contributed by atoms with Crippen LogP contribution in [-0.4, -0.2) is 30.2 Å². The van der Waals surface area contributed by atoms with Gasteiger partial charge >= 0.3 is 0 Å². The fourth-order valence-corrected chi connectivity index (χ4v) is 4.01. The van der Waals surface area contributed by atoms with Crippen LogP contribution in [0.5, 0.6) is 5.75 Å². The molecule has 1 aromatic carbocycles. The Bertz CT molecular complexity index is 415. The maximum atomic E-state index is 5.96. The second kappa shape index (κ2) is 5.54. The van der Waals surface area contributed by atoms with E-state index in [-0.39, 0.29) is 0 Å². The lowest BCUT2D eigenvalue weighted by Gasteiger charge is -2.14. The molecule has 2 heterocycles. The molecule has 0 bridgehead atoms. The zero-order chi connectivity index (χ0) is 12.4. The fraction of sp³-hybridized carbons (Fsp3) is 0.600. The van der Waals surface area contributed by atoms with Gasteiger partial charge in [-0.05, 0) is 37.1 Å². The zero-order valence-corrected chi connectivity index (χ0v) is 11.8. The van der Waals surface area contributed by atoms with Gasteiger partial charge in [-0.15, -0.1) is 0 Å². The molecule has 2 atom stereocenters. The van der Waals surface area contributed by atoms with Crippen LogP contribution >= 0.6 is 11.8 Å². The summed E-state index contributed by atoms with van der Waals surface area (Å²) in [5.74, 6) is 2.43. The summed E-state index contributed by atoms with van der Waals surface area (Å²) in [6, 6.07) is 6.49. The summed E-state index contributed by atoms with van der Waals surface area (Å²) < 4.78 is 5.96. The standard InChI is InChI=1S/C15H21NOS/c1-11-4-5-15-12(7-11)8-13(17-15)9-16-10-14-3-2-6-18-14/h4-5,7,13-14,16H,2-3,6,8-10H2,1H3. The summed E-state index contributed by atoms with van der Waals surface area (Å²) in [5.41, 5.74) is 2.70. The summed E-state index contributed by atoms with van der Waals surface area (Å²) >= 11 is 2.11. The first kappa shape index (κ1) is 12.4. The number of hydrogen-bond donors (Lipinski definition) is 1. The van der Waals surface area contributed by atoms with E-state index >= 15 is 0 Å². The zero-order valence-electron chi connectivity index (χ0n) is 10.9. The Balaban J connectivity index is 1.46. The molecule has 1 aromatic rings. The van der Waals surface area contributed by atoms with E-state index in [4.69, 9.17) is 4.74 Å². The van der Waals surface area contributed by atoms with Crippen LogP contribution in [0.2, 0.25) is 0 Å². The molecule has 0 amide bonds. The Labute approximate surface area is 113 Å². The van der Waals surface area contributed by atoms with Crippen molar-refractivity contribution in [3.8, 4) is 5.75 Å². The minimum Gasteiger partial charge on any atom is -0.488 e. The van der Waals surface area contributed by atoms with Crippen molar-refractivity contribution in [1.29, 1.82) is 0 Å². The highest BCUT2D eigenvalue weighted by Gasteiger charge is 2.23. The van der Waals surface area contributed by atoms with Gasteiger partial charge < -0.3 is 10.1 Å². The third kappa shape index (κ3) is 2.83. The van der Waals surface area contributed by atoms with Gasteiger partial charge in [0.1, 0.15) is 11.9 Å². The molecule has 2 aliphatic rings. The van der Waals surface area contributed by atoms with Gasteiger partial charge in [-0.3, -0.25) is 0 Å². The molecular weight excluding hydrogens is 242 g/mol. The molecule has 2 unspecified atom stereocenters. The molecule has 0 aromatic heterocycles. The number of thioether (sulfide) groups is 1. The van der Waals surface area contributed by atoms with Crippen molar-refractivity contribution in [3.63, 3.8) is 0 Å². The molecule has 3 heteroatoms. The molecule has 1 fully saturated rings. The predicted molar refractivity (Wildman–Crippen MR) is 77.6 cm³/mol. The summed E-state index contributed by atoms with van der Waals surface area (Å²) in [6.07, 6.45) is 4.15. The van der Waals surface area contributed by atoms with Crippen molar-refractivity contribution in [3.05, 3.63) is 29.3 Å². The highest BCUT2D eigenvalue weighted by molar-refractivity contribution is 8.00. The van der Waals surface area contributed by atoms with E-state index in [9.17, 15) is 0 Å². The minimum atomic E-state index is 0.327. The molecule has 0 radical (unpaired) electrons. The molecular formula is C15H21NOS. The lowest BCUT2D eigenvalue weighted by atomic mass is 10.1. The van der Waals surface area contributed by atoms with Gasteiger partial charge in [0.2, 0.25) is 0 Å². The Morgan fingerprint density at radius 2 is 2.33 bits per heavy atom. The summed E-state index contributed by atoms with van der Waals surface area (Å²) in [4.78, 5) is 0. The first-order valence-corrected chi connectivity index (χ1v) is 7.94. The minimum absolute atomic E-state index is 0.327. The van der Waals surface area contributed by atoms with Gasteiger partial charge in [0.15, 0.2) is 0 Å². The third-order valence-corrected chi connectivity index (χ3v) is 5.12. The second-order valence-corrected chi connectivity index (χ2v) is 6.76. The molecule has 1 N–H and O–H groups in total. The monoisotopic (exact) mass is 263 g/mol. The Kier molecular flexibility index (Phi) is 3.80. The summed E-state index contributed by atoms with van der Waals surface area (Å²) in [5, 5.41) is 4.40. The van der Waals surface area contributed by atoms with Crippen LogP contribution in [0.15, 0.2) is 18.2 Å². The van der Waals surface area contributed by atoms with Crippen LogP contribution in [0.1, 0.15) is 24.0 Å². The first-order chi connectivity index (χ1) is 8.81. The van der Waals surface area contributed by atoms with Crippen LogP contribution in [0.25, 0.3) is 0 Å². The molecule has 0 spiro atoms. The number of nitrogens with one attached hydrogen (secondary N) is 1. The van der Waals surface area contributed by atoms with E-state index in [1.165, 1.54) is 29.7 Å². The lowest BCUT2D eigenvalue weighted by molar-refractivity contribution is 0.228. The van der Waals surface area contributed by atoms with Crippen molar-refractivity contribution in [2.24, 2.45) is 0 Å². The normalized spacial score (nSPS) is 26.1. The average molecular weight is 263 g/mol. The number of aryl methyl sites for hydroxylation is 1. The molecule has 0 saturated carbocycles. The second-order valence-electron chi connectivity index (χ2n) is 5.35. The van der Waals surface area contributed by atoms with E-state index in [1.54, 1.807) is 0 Å². The highest BCUT2D eigenvalue weighted by Crippen LogP contribution is 2.29. The Hall–Kier alpha value is -0.670. The van der Waals surface area contributed by atoms with E-state index in [1.807, 2.05) is 0 Å². The number of fused-ring (bicyclic) bond motifs is 1. The first-order valence-electron chi connectivity index (χ1n) is 6.90. The van der Waals surface area contributed by atoms with Crippen molar-refractivity contribution in [2.75, 3.05) is 18.8 Å². The van der Waals surface area contributed by atoms with E-state index in [2.05, 4.69) is 42.2 Å². The summed E-state index contributed by atoms with van der Waals surface area (Å²) in [6.45, 7) is 4.26. The molecule has 98 valence electrons. The number of hydrogen-bond acceptors (Lipinski definition) is 3. The SMILES string of the molecule is Cc1ccc2c(c1)CC(CNCC1CCCS1)O2. The van der Waals surface area contributed by atoms with Crippen LogP contribution in [-0.2, 0) is 6.42 Å². The number of ether oxygens (including phenoxy) is 1. The average Bonchev–Trinajstić information content (AvgIpc) is 2.97. The largest absolute Gasteiger partial charge is 0.488 e. The molecule has 0 aliphatic carbocycles. The highest BCUT2D eigenvalue weighted by atomic mass is 32.2. The van der Waals surface area contributed by atoms with E-state index in [0.29, 0.717) is 6.10 Å². The molecule has 2 aliphatic heterocycles. The van der Waals surface area contributed by atoms with Crippen LogP contribution in [0.4, 0.5) is 0 Å². The smallest absolute Gasteiger partial charge is 0.123 e. The molecule has 2 nitrogen and oxygen atoms in total. The van der Waals surface area contributed by atoms with Crippen LogP contribution in [0.3, 0.4) is 0 Å². The molecule has 18 heavy (non-hydrogen) atoms. The van der Waals surface area contributed by atoms with Crippen LogP contribution in [0, 0.1) is 6.92 Å². The van der Waals surface area contributed by atoms with Crippen molar-refractivity contribution < 1.29 is 4.74 Å². The predicted octanol–water partition coefficient (Wildman–Crippen LogP) is 2.78. The lowest BCUT2D eigenvalue weighted by Crippen LogP contribution is -2.33. The van der Waals surface area contributed by atoms with Gasteiger partial charge in [0.25, 0.3) is 0 Å². The fourth-order valence-electron chi connectivity index (χ4n) is 2.77. The number of rotatable bonds is 4. The summed E-state index contributed by atoms with van der Waals surface area (Å²) in [7, 11) is 0. The van der Waals surface area contributed by atoms with E-state index in [0.717, 1.165) is 30.5 Å². The molecule has 1 saturated heterocycles. The van der Waals surface area contributed by atoms with Gasteiger partial charge in [0.05, 0.1) is 0 Å². The maximum absolute atomic E-state index is 5.96. The van der Waals surface area contributed by atoms with Gasteiger partial charge in [-0.1, -0.05) is 17.7 Å². The van der Waals surface area contributed by atoms with Crippen molar-refractivity contribution in [1.82, 2.24) is 5.32 Å². The van der Waals surface area contributed by atoms with Crippen molar-refractivity contribution in [2.45, 2.75) is 37.5 Å². The Morgan fingerprint density at radius 3 is 3.17 bits per heavy atom.